The smallest absolute Gasteiger partial charge is 0.129 e. The molecule has 1 fully saturated rings. The molecule has 34 heavy (non-hydrogen) atoms. The molecule has 7 heteroatoms. The fourth-order valence-corrected chi connectivity index (χ4v) is 4.11. The first-order valence-corrected chi connectivity index (χ1v) is 11.8. The summed E-state index contributed by atoms with van der Waals surface area (Å²) in [6, 6.07) is 12.6. The molecule has 1 aliphatic rings. The molecule has 1 saturated heterocycles. The first-order valence-electron chi connectivity index (χ1n) is 11.8. The molecule has 1 aromatic carbocycles. The first-order chi connectivity index (χ1) is 16.6. The van der Waals surface area contributed by atoms with E-state index in [1.54, 1.807) is 0 Å². The summed E-state index contributed by atoms with van der Waals surface area (Å²) in [5.41, 5.74) is 4.58. The summed E-state index contributed by atoms with van der Waals surface area (Å²) < 4.78 is 1.82. The van der Waals surface area contributed by atoms with Crippen molar-refractivity contribution >= 4 is 28.5 Å². The Hall–Kier alpha value is -3.71. The van der Waals surface area contributed by atoms with Gasteiger partial charge in [-0.3, -0.25) is 4.68 Å². The molecule has 0 radical (unpaired) electrons. The average molecular weight is 456 g/mol. The van der Waals surface area contributed by atoms with Gasteiger partial charge in [-0.1, -0.05) is 31.7 Å². The van der Waals surface area contributed by atoms with Crippen molar-refractivity contribution in [1.82, 2.24) is 25.1 Å². The lowest BCUT2D eigenvalue weighted by Crippen LogP contribution is -2.43. The Bertz CT molecular complexity index is 1260. The lowest BCUT2D eigenvalue weighted by molar-refractivity contribution is 0.585. The van der Waals surface area contributed by atoms with Gasteiger partial charge in [0.1, 0.15) is 11.6 Å². The highest BCUT2D eigenvalue weighted by molar-refractivity contribution is 5.90. The molecule has 2 N–H and O–H groups in total. The van der Waals surface area contributed by atoms with Crippen LogP contribution in [0.3, 0.4) is 0 Å². The number of anilines is 2. The molecule has 0 amide bonds. The molecular formula is C27H33N7. The second-order valence-corrected chi connectivity index (χ2v) is 8.28. The number of rotatable bonds is 5. The zero-order valence-electron chi connectivity index (χ0n) is 20.3. The van der Waals surface area contributed by atoms with E-state index < -0.39 is 0 Å². The Morgan fingerprint density at radius 1 is 1.12 bits per heavy atom. The van der Waals surface area contributed by atoms with Gasteiger partial charge in [0.15, 0.2) is 0 Å². The van der Waals surface area contributed by atoms with Crippen LogP contribution in [-0.4, -0.2) is 53.0 Å². The SMILES string of the molecule is C=Cc1ccnc(N2CCNCC2)c1.CCc1nc(NC)cc2cc(-c3cnn(C)c3)ccc12. The number of hydrogen-bond donors (Lipinski definition) is 2. The van der Waals surface area contributed by atoms with Crippen LogP contribution in [0.2, 0.25) is 0 Å². The monoisotopic (exact) mass is 455 g/mol. The average Bonchev–Trinajstić information content (AvgIpc) is 3.34. The Balaban J connectivity index is 0.000000172. The lowest BCUT2D eigenvalue weighted by atomic mass is 10.0. The minimum Gasteiger partial charge on any atom is -0.373 e. The number of benzene rings is 1. The predicted octanol–water partition coefficient (Wildman–Crippen LogP) is 4.37. The molecule has 3 aromatic heterocycles. The number of nitrogens with one attached hydrogen (secondary N) is 2. The highest BCUT2D eigenvalue weighted by atomic mass is 15.2. The molecule has 0 unspecified atom stereocenters. The summed E-state index contributed by atoms with van der Waals surface area (Å²) in [4.78, 5) is 11.3. The van der Waals surface area contributed by atoms with Crippen LogP contribution in [0.5, 0.6) is 0 Å². The van der Waals surface area contributed by atoms with Gasteiger partial charge >= 0.3 is 0 Å². The number of aromatic nitrogens is 4. The van der Waals surface area contributed by atoms with Crippen molar-refractivity contribution in [3.63, 3.8) is 0 Å². The Morgan fingerprint density at radius 2 is 1.94 bits per heavy atom. The largest absolute Gasteiger partial charge is 0.373 e. The summed E-state index contributed by atoms with van der Waals surface area (Å²) in [6.45, 7) is 10.0. The number of piperazine rings is 1. The van der Waals surface area contributed by atoms with Gasteiger partial charge in [-0.15, -0.1) is 0 Å². The van der Waals surface area contributed by atoms with Crippen molar-refractivity contribution in [1.29, 1.82) is 0 Å². The summed E-state index contributed by atoms with van der Waals surface area (Å²) >= 11 is 0. The molecule has 0 spiro atoms. The van der Waals surface area contributed by atoms with E-state index in [1.165, 1.54) is 16.3 Å². The van der Waals surface area contributed by atoms with Crippen molar-refractivity contribution in [2.45, 2.75) is 13.3 Å². The molecule has 0 aliphatic carbocycles. The van der Waals surface area contributed by atoms with Crippen LogP contribution in [0.15, 0.2) is 61.6 Å². The van der Waals surface area contributed by atoms with Crippen molar-refractivity contribution in [2.24, 2.45) is 7.05 Å². The number of fused-ring (bicyclic) bond motifs is 1. The van der Waals surface area contributed by atoms with Crippen LogP contribution in [0.4, 0.5) is 11.6 Å². The van der Waals surface area contributed by atoms with Gasteiger partial charge in [0.25, 0.3) is 0 Å². The molecule has 0 bridgehead atoms. The maximum absolute atomic E-state index is 4.62. The zero-order valence-corrected chi connectivity index (χ0v) is 20.3. The third kappa shape index (κ3) is 5.43. The van der Waals surface area contributed by atoms with Crippen LogP contribution >= 0.6 is 0 Å². The minimum absolute atomic E-state index is 0.915. The highest BCUT2D eigenvalue weighted by Gasteiger charge is 2.11. The molecule has 4 heterocycles. The fraction of sp³-hybridized carbons (Fsp3) is 0.296. The zero-order chi connectivity index (χ0) is 23.9. The fourth-order valence-electron chi connectivity index (χ4n) is 4.11. The van der Waals surface area contributed by atoms with Gasteiger partial charge in [0.05, 0.1) is 11.9 Å². The number of hydrogen-bond acceptors (Lipinski definition) is 6. The molecule has 1 aliphatic heterocycles. The van der Waals surface area contributed by atoms with Gasteiger partial charge in [-0.25, -0.2) is 9.97 Å². The Kier molecular flexibility index (Phi) is 7.54. The minimum atomic E-state index is 0.915. The van der Waals surface area contributed by atoms with E-state index in [0.29, 0.717) is 0 Å². The Labute approximate surface area is 201 Å². The number of nitrogens with zero attached hydrogens (tertiary/aromatic N) is 5. The highest BCUT2D eigenvalue weighted by Crippen LogP contribution is 2.27. The summed E-state index contributed by atoms with van der Waals surface area (Å²) in [5, 5.41) is 13.1. The summed E-state index contributed by atoms with van der Waals surface area (Å²) in [7, 11) is 3.83. The van der Waals surface area contributed by atoms with Crippen molar-refractivity contribution in [3.8, 4) is 11.1 Å². The van der Waals surface area contributed by atoms with Gasteiger partial charge in [0.2, 0.25) is 0 Å². The van der Waals surface area contributed by atoms with Gasteiger partial charge in [0, 0.05) is 63.6 Å². The predicted molar refractivity (Wildman–Crippen MR) is 142 cm³/mol. The van der Waals surface area contributed by atoms with E-state index in [4.69, 9.17) is 0 Å². The van der Waals surface area contributed by atoms with E-state index in [0.717, 1.165) is 61.1 Å². The van der Waals surface area contributed by atoms with Gasteiger partial charge in [-0.2, -0.15) is 5.10 Å². The third-order valence-corrected chi connectivity index (χ3v) is 5.99. The third-order valence-electron chi connectivity index (χ3n) is 5.99. The molecule has 176 valence electrons. The maximum Gasteiger partial charge on any atom is 0.129 e. The van der Waals surface area contributed by atoms with E-state index >= 15 is 0 Å². The van der Waals surface area contributed by atoms with E-state index in [1.807, 2.05) is 49.5 Å². The van der Waals surface area contributed by atoms with Crippen LogP contribution < -0.4 is 15.5 Å². The molecule has 4 aromatic rings. The van der Waals surface area contributed by atoms with Gasteiger partial charge in [-0.05, 0) is 47.2 Å². The van der Waals surface area contributed by atoms with E-state index in [2.05, 4.69) is 74.4 Å². The second-order valence-electron chi connectivity index (χ2n) is 8.28. The van der Waals surface area contributed by atoms with Crippen LogP contribution in [0, 0.1) is 0 Å². The normalized spacial score (nSPS) is 13.3. The second kappa shape index (κ2) is 10.9. The standard InChI is InChI=1S/C16H18N4.C11H15N3/c1-4-15-14-6-5-11(13-9-18-20(3)10-13)7-12(14)8-16(17-2)19-15;1-2-10-3-4-13-11(9-10)14-7-5-12-6-8-14/h5-10H,4H2,1-3H3,(H,17,19);2-4,9,12H,1,5-8H2. The van der Waals surface area contributed by atoms with Crippen molar-refractivity contribution in [2.75, 3.05) is 43.4 Å². The maximum atomic E-state index is 4.62. The number of aryl methyl sites for hydroxylation is 2. The van der Waals surface area contributed by atoms with Crippen LogP contribution in [0.1, 0.15) is 18.2 Å². The van der Waals surface area contributed by atoms with Crippen LogP contribution in [0.25, 0.3) is 28.0 Å². The summed E-state index contributed by atoms with van der Waals surface area (Å²) in [6.07, 6.45) is 8.55. The molecule has 0 atom stereocenters. The molecule has 7 nitrogen and oxygen atoms in total. The van der Waals surface area contributed by atoms with Gasteiger partial charge < -0.3 is 15.5 Å². The first kappa shape index (κ1) is 23.4. The van der Waals surface area contributed by atoms with E-state index in [9.17, 15) is 0 Å². The number of pyridine rings is 2. The topological polar surface area (TPSA) is 70.9 Å². The quantitative estimate of drug-likeness (QED) is 0.466. The van der Waals surface area contributed by atoms with Crippen molar-refractivity contribution < 1.29 is 0 Å². The van der Waals surface area contributed by atoms with Crippen molar-refractivity contribution in [3.05, 3.63) is 72.8 Å². The lowest BCUT2D eigenvalue weighted by Gasteiger charge is -2.28. The molecule has 5 rings (SSSR count). The Morgan fingerprint density at radius 3 is 2.62 bits per heavy atom. The summed E-state index contributed by atoms with van der Waals surface area (Å²) in [5.74, 6) is 1.97. The molecule has 0 saturated carbocycles. The van der Waals surface area contributed by atoms with E-state index in [-0.39, 0.29) is 0 Å². The van der Waals surface area contributed by atoms with Crippen LogP contribution in [-0.2, 0) is 13.5 Å². The molecular weight excluding hydrogens is 422 g/mol.